The highest BCUT2D eigenvalue weighted by molar-refractivity contribution is 6.30. The number of rotatable bonds is 6. The minimum atomic E-state index is -0.156. The van der Waals surface area contributed by atoms with E-state index in [9.17, 15) is 4.79 Å². The van der Waals surface area contributed by atoms with E-state index < -0.39 is 0 Å². The fourth-order valence-corrected chi connectivity index (χ4v) is 1.93. The number of hydrogen-bond donors (Lipinski definition) is 2. The van der Waals surface area contributed by atoms with Gasteiger partial charge in [0.15, 0.2) is 5.82 Å². The molecule has 7 heteroatoms. The molecule has 0 fully saturated rings. The van der Waals surface area contributed by atoms with Crippen molar-refractivity contribution in [3.63, 3.8) is 0 Å². The lowest BCUT2D eigenvalue weighted by atomic mass is 10.2. The second-order valence-electron chi connectivity index (χ2n) is 4.39. The summed E-state index contributed by atoms with van der Waals surface area (Å²) in [5, 5.41) is 10.1. The molecule has 2 aromatic rings. The van der Waals surface area contributed by atoms with Crippen LogP contribution in [-0.2, 0) is 4.79 Å². The van der Waals surface area contributed by atoms with Crippen LogP contribution in [-0.4, -0.2) is 24.7 Å². The molecular formula is C14H16ClN3O3. The average molecular weight is 310 g/mol. The lowest BCUT2D eigenvalue weighted by Gasteiger charge is -2.11. The van der Waals surface area contributed by atoms with E-state index in [0.29, 0.717) is 28.9 Å². The Morgan fingerprint density at radius 2 is 2.24 bits per heavy atom. The second-order valence-corrected chi connectivity index (χ2v) is 4.83. The topological polar surface area (TPSA) is 76.4 Å². The number of carbonyl (C=O) groups excluding carboxylic acids is 1. The molecule has 2 rings (SSSR count). The zero-order valence-corrected chi connectivity index (χ0v) is 12.5. The van der Waals surface area contributed by atoms with Gasteiger partial charge < -0.3 is 19.9 Å². The summed E-state index contributed by atoms with van der Waals surface area (Å²) in [5.74, 6) is 1.58. The first kappa shape index (κ1) is 15.2. The van der Waals surface area contributed by atoms with Gasteiger partial charge in [0.25, 0.3) is 0 Å². The number of aromatic nitrogens is 1. The summed E-state index contributed by atoms with van der Waals surface area (Å²) in [7, 11) is 1.58. The Balaban J connectivity index is 1.84. The van der Waals surface area contributed by atoms with E-state index >= 15 is 0 Å². The molecule has 1 aromatic heterocycles. The van der Waals surface area contributed by atoms with Crippen LogP contribution in [0.15, 0.2) is 28.8 Å². The Hall–Kier alpha value is -2.21. The summed E-state index contributed by atoms with van der Waals surface area (Å²) in [5.41, 5.74) is 0.745. The number of carbonyl (C=O) groups is 1. The summed E-state index contributed by atoms with van der Waals surface area (Å²) in [4.78, 5) is 11.7. The van der Waals surface area contributed by atoms with Crippen LogP contribution in [0.1, 0.15) is 12.2 Å². The van der Waals surface area contributed by atoms with Gasteiger partial charge in [0.2, 0.25) is 5.91 Å². The van der Waals surface area contributed by atoms with Crippen molar-refractivity contribution in [1.29, 1.82) is 0 Å². The minimum Gasteiger partial charge on any atom is -0.495 e. The quantitative estimate of drug-likeness (QED) is 0.857. The van der Waals surface area contributed by atoms with Crippen molar-refractivity contribution in [2.75, 3.05) is 24.3 Å². The second kappa shape index (κ2) is 6.99. The molecule has 21 heavy (non-hydrogen) atoms. The molecule has 0 saturated heterocycles. The van der Waals surface area contributed by atoms with Gasteiger partial charge in [0, 0.05) is 24.1 Å². The fourth-order valence-electron chi connectivity index (χ4n) is 1.76. The maximum absolute atomic E-state index is 11.7. The third-order valence-corrected chi connectivity index (χ3v) is 2.96. The first-order valence-electron chi connectivity index (χ1n) is 6.39. The number of methoxy groups -OCH3 is 1. The molecule has 0 aliphatic carbocycles. The van der Waals surface area contributed by atoms with E-state index in [1.807, 2.05) is 0 Å². The van der Waals surface area contributed by atoms with Gasteiger partial charge in [-0.15, -0.1) is 0 Å². The Morgan fingerprint density at radius 1 is 1.43 bits per heavy atom. The van der Waals surface area contributed by atoms with E-state index in [1.165, 1.54) is 0 Å². The maximum Gasteiger partial charge on any atom is 0.227 e. The van der Waals surface area contributed by atoms with Crippen LogP contribution in [0.2, 0.25) is 5.02 Å². The van der Waals surface area contributed by atoms with Gasteiger partial charge in [0.1, 0.15) is 11.5 Å². The van der Waals surface area contributed by atoms with Crippen molar-refractivity contribution in [3.8, 4) is 5.75 Å². The molecule has 0 aliphatic heterocycles. The number of hydrogen-bond acceptors (Lipinski definition) is 5. The van der Waals surface area contributed by atoms with Crippen LogP contribution < -0.4 is 15.4 Å². The van der Waals surface area contributed by atoms with Gasteiger partial charge in [-0.25, -0.2) is 0 Å². The molecule has 1 heterocycles. The van der Waals surface area contributed by atoms with E-state index in [2.05, 4.69) is 15.8 Å². The van der Waals surface area contributed by atoms with Crippen LogP contribution in [0, 0.1) is 6.92 Å². The maximum atomic E-state index is 11.7. The van der Waals surface area contributed by atoms with Gasteiger partial charge in [-0.3, -0.25) is 4.79 Å². The molecule has 0 atom stereocenters. The van der Waals surface area contributed by atoms with E-state index in [-0.39, 0.29) is 12.3 Å². The third-order valence-electron chi connectivity index (χ3n) is 2.72. The van der Waals surface area contributed by atoms with Crippen LogP contribution >= 0.6 is 11.6 Å². The Kier molecular flexibility index (Phi) is 5.05. The highest BCUT2D eigenvalue weighted by Crippen LogP contribution is 2.27. The van der Waals surface area contributed by atoms with Crippen molar-refractivity contribution in [2.45, 2.75) is 13.3 Å². The van der Waals surface area contributed by atoms with Gasteiger partial charge in [-0.2, -0.15) is 0 Å². The van der Waals surface area contributed by atoms with Gasteiger partial charge in [-0.05, 0) is 25.1 Å². The van der Waals surface area contributed by atoms with Crippen LogP contribution in [0.5, 0.6) is 5.75 Å². The molecule has 0 aliphatic rings. The minimum absolute atomic E-state index is 0.156. The van der Waals surface area contributed by atoms with Crippen molar-refractivity contribution in [1.82, 2.24) is 5.16 Å². The van der Waals surface area contributed by atoms with E-state index in [1.54, 1.807) is 38.3 Å². The zero-order chi connectivity index (χ0) is 15.2. The third kappa shape index (κ3) is 4.39. The normalized spacial score (nSPS) is 10.2. The van der Waals surface area contributed by atoms with Gasteiger partial charge in [-0.1, -0.05) is 16.8 Å². The highest BCUT2D eigenvalue weighted by atomic mass is 35.5. The Labute approximate surface area is 127 Å². The monoisotopic (exact) mass is 309 g/mol. The molecule has 6 nitrogen and oxygen atoms in total. The number of amides is 1. The number of aryl methyl sites for hydroxylation is 1. The fraction of sp³-hybridized carbons (Fsp3) is 0.286. The highest BCUT2D eigenvalue weighted by Gasteiger charge is 2.07. The number of nitrogens with zero attached hydrogens (tertiary/aromatic N) is 1. The number of benzene rings is 1. The van der Waals surface area contributed by atoms with Crippen LogP contribution in [0.4, 0.5) is 11.5 Å². The molecule has 1 amide bonds. The Morgan fingerprint density at radius 3 is 2.90 bits per heavy atom. The van der Waals surface area contributed by atoms with Crippen molar-refractivity contribution >= 4 is 29.0 Å². The summed E-state index contributed by atoms with van der Waals surface area (Å²) in [6.45, 7) is 2.20. The van der Waals surface area contributed by atoms with Crippen molar-refractivity contribution in [3.05, 3.63) is 35.0 Å². The number of anilines is 2. The van der Waals surface area contributed by atoms with E-state index in [4.69, 9.17) is 20.9 Å². The lowest BCUT2D eigenvalue weighted by Crippen LogP contribution is -2.16. The summed E-state index contributed by atoms with van der Waals surface area (Å²) >= 11 is 5.93. The predicted octanol–water partition coefficient (Wildman–Crippen LogP) is 3.09. The van der Waals surface area contributed by atoms with Crippen LogP contribution in [0.3, 0.4) is 0 Å². The molecule has 2 N–H and O–H groups in total. The molecule has 112 valence electrons. The molecule has 0 bridgehead atoms. The number of nitrogens with one attached hydrogen (secondary N) is 2. The first-order valence-corrected chi connectivity index (χ1v) is 6.77. The predicted molar refractivity (Wildman–Crippen MR) is 81.0 cm³/mol. The Bertz CT molecular complexity index is 628. The standard InChI is InChI=1S/C14H16ClN3O3/c1-9-7-13(18-21-9)17-14(19)5-6-16-11-8-10(15)3-4-12(11)20-2/h3-4,7-8,16H,5-6H2,1-2H3,(H,17,18,19). The molecular weight excluding hydrogens is 294 g/mol. The van der Waals surface area contributed by atoms with Crippen molar-refractivity contribution < 1.29 is 14.1 Å². The number of ether oxygens (including phenoxy) is 1. The van der Waals surface area contributed by atoms with Crippen LogP contribution in [0.25, 0.3) is 0 Å². The average Bonchev–Trinajstić information content (AvgIpc) is 2.84. The first-order chi connectivity index (χ1) is 10.1. The lowest BCUT2D eigenvalue weighted by molar-refractivity contribution is -0.116. The molecule has 0 saturated carbocycles. The summed E-state index contributed by atoms with van der Waals surface area (Å²) in [6, 6.07) is 6.92. The molecule has 0 unspecified atom stereocenters. The molecule has 1 aromatic carbocycles. The summed E-state index contributed by atoms with van der Waals surface area (Å²) < 4.78 is 10.1. The largest absolute Gasteiger partial charge is 0.495 e. The summed E-state index contributed by atoms with van der Waals surface area (Å²) in [6.07, 6.45) is 0.279. The molecule has 0 spiro atoms. The molecule has 0 radical (unpaired) electrons. The smallest absolute Gasteiger partial charge is 0.227 e. The number of halogens is 1. The SMILES string of the molecule is COc1ccc(Cl)cc1NCCC(=O)Nc1cc(C)on1. The van der Waals surface area contributed by atoms with Gasteiger partial charge in [0.05, 0.1) is 12.8 Å². The van der Waals surface area contributed by atoms with Gasteiger partial charge >= 0.3 is 0 Å². The zero-order valence-electron chi connectivity index (χ0n) is 11.8. The van der Waals surface area contributed by atoms with Crippen molar-refractivity contribution in [2.24, 2.45) is 0 Å². The van der Waals surface area contributed by atoms with E-state index in [0.717, 1.165) is 5.69 Å².